The van der Waals surface area contributed by atoms with E-state index < -0.39 is 5.60 Å². The van der Waals surface area contributed by atoms with Crippen LogP contribution in [0.4, 0.5) is 4.79 Å². The number of carbonyl (C=O) groups is 1. The van der Waals surface area contributed by atoms with Gasteiger partial charge >= 0.3 is 6.09 Å². The molecule has 0 saturated carbocycles. The molecule has 0 radical (unpaired) electrons. The van der Waals surface area contributed by atoms with Gasteiger partial charge in [-0.15, -0.1) is 0 Å². The molecule has 4 heteroatoms. The van der Waals surface area contributed by atoms with Crippen LogP contribution in [0, 0.1) is 0 Å². The summed E-state index contributed by atoms with van der Waals surface area (Å²) in [4.78, 5) is 16.0. The summed E-state index contributed by atoms with van der Waals surface area (Å²) < 4.78 is 5.19. The fraction of sp³-hybridized carbons (Fsp3) is 0.333. The highest BCUT2D eigenvalue weighted by Crippen LogP contribution is 2.16. The molecule has 1 aromatic heterocycles. The zero-order valence-electron chi connectivity index (χ0n) is 13.3. The summed E-state index contributed by atoms with van der Waals surface area (Å²) in [5.74, 6) is 0. The number of hydrogen-bond donors (Lipinski definition) is 1. The number of amides is 1. The Morgan fingerprint density at radius 3 is 2.45 bits per heavy atom. The lowest BCUT2D eigenvalue weighted by molar-refractivity contribution is 0.0528. The van der Waals surface area contributed by atoms with E-state index in [2.05, 4.69) is 10.3 Å². The van der Waals surface area contributed by atoms with Crippen LogP contribution in [0.25, 0.3) is 11.3 Å². The third-order valence-corrected chi connectivity index (χ3v) is 2.98. The summed E-state index contributed by atoms with van der Waals surface area (Å²) in [5, 5.41) is 2.75. The van der Waals surface area contributed by atoms with Crippen molar-refractivity contribution in [2.24, 2.45) is 0 Å². The van der Waals surface area contributed by atoms with Crippen molar-refractivity contribution in [3.63, 3.8) is 0 Å². The van der Waals surface area contributed by atoms with E-state index in [9.17, 15) is 4.79 Å². The van der Waals surface area contributed by atoms with Crippen LogP contribution in [0.3, 0.4) is 0 Å². The topological polar surface area (TPSA) is 51.2 Å². The van der Waals surface area contributed by atoms with Crippen LogP contribution >= 0.6 is 0 Å². The molecule has 0 aliphatic carbocycles. The first-order chi connectivity index (χ1) is 10.4. The lowest BCUT2D eigenvalue weighted by atomic mass is 10.1. The van der Waals surface area contributed by atoms with Crippen molar-refractivity contribution in [1.29, 1.82) is 0 Å². The number of pyridine rings is 1. The van der Waals surface area contributed by atoms with Crippen molar-refractivity contribution in [1.82, 2.24) is 10.3 Å². The quantitative estimate of drug-likeness (QED) is 0.933. The van der Waals surface area contributed by atoms with Gasteiger partial charge in [0.1, 0.15) is 5.60 Å². The zero-order valence-corrected chi connectivity index (χ0v) is 13.3. The number of alkyl carbamates (subject to hydrolysis) is 1. The Hall–Kier alpha value is -2.36. The van der Waals surface area contributed by atoms with E-state index in [4.69, 9.17) is 4.74 Å². The van der Waals surface area contributed by atoms with E-state index in [-0.39, 0.29) is 6.09 Å². The fourth-order valence-corrected chi connectivity index (χ4v) is 1.98. The second kappa shape index (κ2) is 7.07. The third kappa shape index (κ3) is 5.20. The van der Waals surface area contributed by atoms with Crippen molar-refractivity contribution in [3.05, 3.63) is 54.2 Å². The minimum Gasteiger partial charge on any atom is -0.444 e. The van der Waals surface area contributed by atoms with Gasteiger partial charge in [0, 0.05) is 18.3 Å². The van der Waals surface area contributed by atoms with Crippen LogP contribution in [0.2, 0.25) is 0 Å². The average Bonchev–Trinajstić information content (AvgIpc) is 2.47. The smallest absolute Gasteiger partial charge is 0.407 e. The highest BCUT2D eigenvalue weighted by molar-refractivity contribution is 5.67. The number of hydrogen-bond acceptors (Lipinski definition) is 3. The molecule has 22 heavy (non-hydrogen) atoms. The summed E-state index contributed by atoms with van der Waals surface area (Å²) in [7, 11) is 0. The largest absolute Gasteiger partial charge is 0.444 e. The first-order valence-corrected chi connectivity index (χ1v) is 7.41. The molecule has 0 saturated heterocycles. The molecule has 0 spiro atoms. The molecule has 0 unspecified atom stereocenters. The Morgan fingerprint density at radius 1 is 1.14 bits per heavy atom. The molecule has 2 aromatic rings. The average molecular weight is 298 g/mol. The molecule has 0 bridgehead atoms. The van der Waals surface area contributed by atoms with Gasteiger partial charge in [0.05, 0.1) is 5.69 Å². The molecule has 0 fully saturated rings. The molecule has 116 valence electrons. The van der Waals surface area contributed by atoms with E-state index in [1.54, 1.807) is 0 Å². The van der Waals surface area contributed by atoms with Crippen molar-refractivity contribution >= 4 is 6.09 Å². The second-order valence-corrected chi connectivity index (χ2v) is 6.10. The van der Waals surface area contributed by atoms with Crippen LogP contribution in [0.5, 0.6) is 0 Å². The maximum Gasteiger partial charge on any atom is 0.407 e. The highest BCUT2D eigenvalue weighted by atomic mass is 16.6. The first-order valence-electron chi connectivity index (χ1n) is 7.41. The maximum atomic E-state index is 11.5. The number of rotatable bonds is 4. The van der Waals surface area contributed by atoms with Crippen LogP contribution in [0.1, 0.15) is 26.3 Å². The van der Waals surface area contributed by atoms with Crippen LogP contribution in [-0.2, 0) is 11.2 Å². The van der Waals surface area contributed by atoms with E-state index in [0.29, 0.717) is 6.54 Å². The Balaban J connectivity index is 1.84. The SMILES string of the molecule is CC(C)(C)OC(=O)NCCc1ccc(-c2ccccc2)nc1. The summed E-state index contributed by atoms with van der Waals surface area (Å²) in [6.45, 7) is 6.07. The van der Waals surface area contributed by atoms with Crippen molar-refractivity contribution in [3.8, 4) is 11.3 Å². The van der Waals surface area contributed by atoms with Crippen LogP contribution < -0.4 is 5.32 Å². The van der Waals surface area contributed by atoms with Gasteiger partial charge in [-0.3, -0.25) is 4.98 Å². The number of carbonyl (C=O) groups excluding carboxylic acids is 1. The van der Waals surface area contributed by atoms with Gasteiger partial charge in [0.25, 0.3) is 0 Å². The van der Waals surface area contributed by atoms with E-state index in [1.807, 2.05) is 69.4 Å². The van der Waals surface area contributed by atoms with E-state index in [1.165, 1.54) is 0 Å². The lowest BCUT2D eigenvalue weighted by Crippen LogP contribution is -2.33. The molecular formula is C18H22N2O2. The number of benzene rings is 1. The van der Waals surface area contributed by atoms with Gasteiger partial charge in [-0.2, -0.15) is 0 Å². The van der Waals surface area contributed by atoms with Gasteiger partial charge in [-0.25, -0.2) is 4.79 Å². The monoisotopic (exact) mass is 298 g/mol. The molecule has 1 heterocycles. The molecule has 0 atom stereocenters. The van der Waals surface area contributed by atoms with E-state index in [0.717, 1.165) is 23.2 Å². The van der Waals surface area contributed by atoms with Gasteiger partial charge in [-0.1, -0.05) is 36.4 Å². The Morgan fingerprint density at radius 2 is 1.86 bits per heavy atom. The summed E-state index contributed by atoms with van der Waals surface area (Å²) >= 11 is 0. The molecule has 1 N–H and O–H groups in total. The van der Waals surface area contributed by atoms with Crippen molar-refractivity contribution in [2.75, 3.05) is 6.54 Å². The molecule has 0 aliphatic rings. The summed E-state index contributed by atoms with van der Waals surface area (Å²) in [6.07, 6.45) is 2.18. The zero-order chi connectivity index (χ0) is 16.0. The molecule has 1 amide bonds. The van der Waals surface area contributed by atoms with Crippen LogP contribution in [-0.4, -0.2) is 23.2 Å². The Kier molecular flexibility index (Phi) is 5.15. The Bertz CT molecular complexity index is 601. The molecule has 4 nitrogen and oxygen atoms in total. The Labute approximate surface area is 131 Å². The minimum absolute atomic E-state index is 0.388. The number of nitrogens with zero attached hydrogens (tertiary/aromatic N) is 1. The predicted octanol–water partition coefficient (Wildman–Crippen LogP) is 3.82. The fourth-order valence-electron chi connectivity index (χ4n) is 1.98. The normalized spacial score (nSPS) is 11.0. The van der Waals surface area contributed by atoms with Gasteiger partial charge < -0.3 is 10.1 Å². The minimum atomic E-state index is -0.469. The van der Waals surface area contributed by atoms with Gasteiger partial charge in [0.15, 0.2) is 0 Å². The lowest BCUT2D eigenvalue weighted by Gasteiger charge is -2.19. The summed E-state index contributed by atoms with van der Waals surface area (Å²) in [5.41, 5.74) is 2.66. The maximum absolute atomic E-state index is 11.5. The number of ether oxygens (including phenoxy) is 1. The molecule has 0 aliphatic heterocycles. The molecular weight excluding hydrogens is 276 g/mol. The van der Waals surface area contributed by atoms with Crippen molar-refractivity contribution in [2.45, 2.75) is 32.8 Å². The number of aromatic nitrogens is 1. The van der Waals surface area contributed by atoms with E-state index >= 15 is 0 Å². The first kappa shape index (κ1) is 16.0. The predicted molar refractivity (Wildman–Crippen MR) is 87.6 cm³/mol. The van der Waals surface area contributed by atoms with Crippen molar-refractivity contribution < 1.29 is 9.53 Å². The van der Waals surface area contributed by atoms with Crippen LogP contribution in [0.15, 0.2) is 48.7 Å². The van der Waals surface area contributed by atoms with Gasteiger partial charge in [0.2, 0.25) is 0 Å². The summed E-state index contributed by atoms with van der Waals surface area (Å²) in [6, 6.07) is 14.1. The number of nitrogens with one attached hydrogen (secondary N) is 1. The standard InChI is InChI=1S/C18H22N2O2/c1-18(2,3)22-17(21)19-12-11-14-9-10-16(20-13-14)15-7-5-4-6-8-15/h4-10,13H,11-12H2,1-3H3,(H,19,21). The third-order valence-electron chi connectivity index (χ3n) is 2.98. The molecule has 1 aromatic carbocycles. The van der Waals surface area contributed by atoms with Gasteiger partial charge in [-0.05, 0) is 38.8 Å². The second-order valence-electron chi connectivity index (χ2n) is 6.10. The highest BCUT2D eigenvalue weighted by Gasteiger charge is 2.15. The molecule has 2 rings (SSSR count).